The smallest absolute Gasteiger partial charge is 0.0562 e. The van der Waals surface area contributed by atoms with Gasteiger partial charge in [-0.1, -0.05) is 11.6 Å². The Hall–Kier alpha value is -0.540. The lowest BCUT2D eigenvalue weighted by Gasteiger charge is -1.97. The number of nitrogens with two attached hydrogens (primary N) is 2. The molecule has 78 valence electrons. The summed E-state index contributed by atoms with van der Waals surface area (Å²) in [7, 11) is 0. The lowest BCUT2D eigenvalue weighted by Crippen LogP contribution is -1.92. The monoisotopic (exact) mass is 230 g/mol. The summed E-state index contributed by atoms with van der Waals surface area (Å²) in [6.07, 6.45) is 2.93. The molecular weight excluding hydrogens is 216 g/mol. The van der Waals surface area contributed by atoms with E-state index in [1.807, 2.05) is 0 Å². The van der Waals surface area contributed by atoms with Gasteiger partial charge in [0, 0.05) is 5.02 Å². The van der Waals surface area contributed by atoms with Gasteiger partial charge in [0.05, 0.1) is 11.4 Å². The maximum Gasteiger partial charge on any atom is 0.0562 e. The Morgan fingerprint density at radius 1 is 1.07 bits per heavy atom. The van der Waals surface area contributed by atoms with E-state index in [2.05, 4.69) is 11.8 Å². The maximum absolute atomic E-state index is 5.58. The fraction of sp³-hybridized carbons (Fsp3) is 0.400. The number of hydrogen-bond donors (Lipinski definition) is 2. The van der Waals surface area contributed by atoms with Crippen LogP contribution in [0.4, 0.5) is 11.4 Å². The SMILES string of the molecule is C1CCSC1.Nc1ccc(Cl)cc1N. The molecule has 0 radical (unpaired) electrons. The van der Waals surface area contributed by atoms with Crippen molar-refractivity contribution in [3.8, 4) is 0 Å². The van der Waals surface area contributed by atoms with Crippen molar-refractivity contribution >= 4 is 34.7 Å². The zero-order chi connectivity index (χ0) is 10.4. The molecular formula is C10H15ClN2S. The van der Waals surface area contributed by atoms with Gasteiger partial charge in [0.25, 0.3) is 0 Å². The number of thioether (sulfide) groups is 1. The fourth-order valence-electron chi connectivity index (χ4n) is 1.06. The van der Waals surface area contributed by atoms with Gasteiger partial charge in [0.15, 0.2) is 0 Å². The van der Waals surface area contributed by atoms with Crippen LogP contribution < -0.4 is 11.5 Å². The van der Waals surface area contributed by atoms with E-state index in [0.29, 0.717) is 16.4 Å². The first-order valence-corrected chi connectivity index (χ1v) is 6.11. The molecule has 14 heavy (non-hydrogen) atoms. The Morgan fingerprint density at radius 3 is 2.07 bits per heavy atom. The molecule has 0 atom stereocenters. The van der Waals surface area contributed by atoms with Crippen LogP contribution in [0.25, 0.3) is 0 Å². The highest BCUT2D eigenvalue weighted by molar-refractivity contribution is 7.99. The van der Waals surface area contributed by atoms with Crippen molar-refractivity contribution in [3.05, 3.63) is 23.2 Å². The maximum atomic E-state index is 5.58. The number of hydrogen-bond acceptors (Lipinski definition) is 3. The fourth-order valence-corrected chi connectivity index (χ4v) is 2.26. The summed E-state index contributed by atoms with van der Waals surface area (Å²) >= 11 is 7.66. The van der Waals surface area contributed by atoms with E-state index in [0.717, 1.165) is 0 Å². The highest BCUT2D eigenvalue weighted by atomic mass is 35.5. The third kappa shape index (κ3) is 4.11. The quantitative estimate of drug-likeness (QED) is 0.674. The Bertz CT molecular complexity index is 280. The average Bonchev–Trinajstić information content (AvgIpc) is 2.69. The first-order valence-electron chi connectivity index (χ1n) is 4.58. The second kappa shape index (κ2) is 6.04. The van der Waals surface area contributed by atoms with E-state index in [-0.39, 0.29) is 0 Å². The summed E-state index contributed by atoms with van der Waals surface area (Å²) in [6, 6.07) is 5.00. The molecule has 0 amide bonds. The predicted molar refractivity (Wildman–Crippen MR) is 66.8 cm³/mol. The van der Waals surface area contributed by atoms with E-state index in [1.165, 1.54) is 24.3 Å². The van der Waals surface area contributed by atoms with Gasteiger partial charge < -0.3 is 11.5 Å². The van der Waals surface area contributed by atoms with Gasteiger partial charge in [-0.3, -0.25) is 0 Å². The van der Waals surface area contributed by atoms with Crippen LogP contribution in [0.3, 0.4) is 0 Å². The molecule has 0 spiro atoms. The first-order chi connectivity index (χ1) is 6.70. The highest BCUT2D eigenvalue weighted by Gasteiger charge is 1.95. The number of benzene rings is 1. The summed E-state index contributed by atoms with van der Waals surface area (Å²) in [5.74, 6) is 2.83. The van der Waals surface area contributed by atoms with Crippen molar-refractivity contribution in [2.24, 2.45) is 0 Å². The van der Waals surface area contributed by atoms with E-state index in [1.54, 1.807) is 18.2 Å². The average molecular weight is 231 g/mol. The van der Waals surface area contributed by atoms with Gasteiger partial charge in [0.2, 0.25) is 0 Å². The van der Waals surface area contributed by atoms with Crippen molar-refractivity contribution < 1.29 is 0 Å². The summed E-state index contributed by atoms with van der Waals surface area (Å²) < 4.78 is 0. The Morgan fingerprint density at radius 2 is 1.71 bits per heavy atom. The molecule has 0 aromatic heterocycles. The van der Waals surface area contributed by atoms with Gasteiger partial charge >= 0.3 is 0 Å². The summed E-state index contributed by atoms with van der Waals surface area (Å²) in [6.45, 7) is 0. The standard InChI is InChI=1S/C6H7ClN2.C4H8S/c7-4-1-2-5(8)6(9)3-4;1-2-4-5-3-1/h1-3H,8-9H2;1-4H2. The molecule has 1 heterocycles. The molecule has 1 aliphatic heterocycles. The second-order valence-electron chi connectivity index (χ2n) is 3.09. The van der Waals surface area contributed by atoms with Crippen LogP contribution in [0.2, 0.25) is 5.02 Å². The number of rotatable bonds is 0. The van der Waals surface area contributed by atoms with Crippen molar-refractivity contribution in [1.82, 2.24) is 0 Å². The molecule has 1 aromatic carbocycles. The van der Waals surface area contributed by atoms with E-state index >= 15 is 0 Å². The van der Waals surface area contributed by atoms with Gasteiger partial charge in [-0.2, -0.15) is 11.8 Å². The molecule has 0 saturated carbocycles. The van der Waals surface area contributed by atoms with Crippen LogP contribution >= 0.6 is 23.4 Å². The largest absolute Gasteiger partial charge is 0.397 e. The van der Waals surface area contributed by atoms with Crippen LogP contribution in [0.15, 0.2) is 18.2 Å². The van der Waals surface area contributed by atoms with Crippen LogP contribution in [-0.2, 0) is 0 Å². The van der Waals surface area contributed by atoms with Crippen molar-refractivity contribution in [2.45, 2.75) is 12.8 Å². The van der Waals surface area contributed by atoms with E-state index in [9.17, 15) is 0 Å². The number of anilines is 2. The van der Waals surface area contributed by atoms with E-state index in [4.69, 9.17) is 23.1 Å². The molecule has 4 N–H and O–H groups in total. The highest BCUT2D eigenvalue weighted by Crippen LogP contribution is 2.18. The first kappa shape index (κ1) is 11.5. The summed E-state index contributed by atoms with van der Waals surface area (Å²) in [5.41, 5.74) is 11.9. The van der Waals surface area contributed by atoms with Crippen LogP contribution in [0, 0.1) is 0 Å². The molecule has 2 rings (SSSR count). The van der Waals surface area contributed by atoms with Gasteiger partial charge in [-0.25, -0.2) is 0 Å². The van der Waals surface area contributed by atoms with Crippen molar-refractivity contribution in [2.75, 3.05) is 23.0 Å². The zero-order valence-corrected chi connectivity index (χ0v) is 9.57. The molecule has 0 bridgehead atoms. The number of halogens is 1. The second-order valence-corrected chi connectivity index (χ2v) is 4.75. The third-order valence-electron chi connectivity index (χ3n) is 1.88. The minimum Gasteiger partial charge on any atom is -0.397 e. The van der Waals surface area contributed by atoms with Gasteiger partial charge in [-0.15, -0.1) is 0 Å². The predicted octanol–water partition coefficient (Wildman–Crippen LogP) is 3.02. The van der Waals surface area contributed by atoms with E-state index < -0.39 is 0 Å². The molecule has 1 fully saturated rings. The zero-order valence-electron chi connectivity index (χ0n) is 8.00. The van der Waals surface area contributed by atoms with Crippen molar-refractivity contribution in [3.63, 3.8) is 0 Å². The third-order valence-corrected chi connectivity index (χ3v) is 3.27. The van der Waals surface area contributed by atoms with Crippen LogP contribution in [0.5, 0.6) is 0 Å². The normalized spacial score (nSPS) is 14.6. The molecule has 2 nitrogen and oxygen atoms in total. The van der Waals surface area contributed by atoms with Crippen molar-refractivity contribution in [1.29, 1.82) is 0 Å². The molecule has 1 aliphatic rings. The van der Waals surface area contributed by atoms with Crippen LogP contribution in [0.1, 0.15) is 12.8 Å². The van der Waals surface area contributed by atoms with Gasteiger partial charge in [0.1, 0.15) is 0 Å². The molecule has 4 heteroatoms. The molecule has 1 saturated heterocycles. The summed E-state index contributed by atoms with van der Waals surface area (Å²) in [4.78, 5) is 0. The van der Waals surface area contributed by atoms with Crippen LogP contribution in [-0.4, -0.2) is 11.5 Å². The summed E-state index contributed by atoms with van der Waals surface area (Å²) in [5, 5.41) is 0.613. The Labute approximate surface area is 94.0 Å². The lowest BCUT2D eigenvalue weighted by molar-refractivity contribution is 0.949. The molecule has 0 unspecified atom stereocenters. The minimum absolute atomic E-state index is 0.530. The molecule has 1 aromatic rings. The lowest BCUT2D eigenvalue weighted by atomic mass is 10.3. The Kier molecular flexibility index (Phi) is 4.98. The molecule has 0 aliphatic carbocycles. The minimum atomic E-state index is 0.530. The number of nitrogen functional groups attached to an aromatic ring is 2. The topological polar surface area (TPSA) is 52.0 Å². The van der Waals surface area contributed by atoms with Gasteiger partial charge in [-0.05, 0) is 42.5 Å². The Balaban J connectivity index is 0.000000165.